The van der Waals surface area contributed by atoms with Crippen molar-refractivity contribution in [2.24, 2.45) is 0 Å². The van der Waals surface area contributed by atoms with Crippen molar-refractivity contribution in [2.45, 2.75) is 17.9 Å². The molecule has 26 heavy (non-hydrogen) atoms. The average molecular weight is 381 g/mol. The van der Waals surface area contributed by atoms with Gasteiger partial charge in [0.25, 0.3) is 0 Å². The Morgan fingerprint density at radius 1 is 0.808 bits per heavy atom. The molecule has 7 nitrogen and oxygen atoms in total. The first-order valence-electron chi connectivity index (χ1n) is 7.82. The highest BCUT2D eigenvalue weighted by atomic mass is 32.2. The van der Waals surface area contributed by atoms with Gasteiger partial charge in [-0.15, -0.1) is 0 Å². The van der Waals surface area contributed by atoms with Gasteiger partial charge < -0.3 is 18.9 Å². The summed E-state index contributed by atoms with van der Waals surface area (Å²) in [5.41, 5.74) is 0.730. The van der Waals surface area contributed by atoms with E-state index in [-0.39, 0.29) is 10.6 Å². The van der Waals surface area contributed by atoms with Crippen molar-refractivity contribution < 1.29 is 27.4 Å². The topological polar surface area (TPSA) is 83.1 Å². The van der Waals surface area contributed by atoms with Crippen LogP contribution < -0.4 is 23.7 Å². The second-order valence-corrected chi connectivity index (χ2v) is 7.16. The first-order chi connectivity index (χ1) is 12.4. The van der Waals surface area contributed by atoms with E-state index < -0.39 is 16.1 Å². The summed E-state index contributed by atoms with van der Waals surface area (Å²) in [6, 6.07) is 9.33. The molecule has 0 saturated carbocycles. The van der Waals surface area contributed by atoms with Gasteiger partial charge in [0.15, 0.2) is 11.5 Å². The van der Waals surface area contributed by atoms with E-state index in [4.69, 9.17) is 18.9 Å². The fraction of sp³-hybridized carbons (Fsp3) is 0.333. The van der Waals surface area contributed by atoms with Gasteiger partial charge in [0, 0.05) is 12.1 Å². The minimum Gasteiger partial charge on any atom is -0.497 e. The smallest absolute Gasteiger partial charge is 0.244 e. The van der Waals surface area contributed by atoms with Crippen LogP contribution in [0.3, 0.4) is 0 Å². The zero-order valence-corrected chi connectivity index (χ0v) is 16.2. The fourth-order valence-electron chi connectivity index (χ4n) is 2.48. The molecule has 2 aromatic rings. The van der Waals surface area contributed by atoms with Crippen molar-refractivity contribution in [3.63, 3.8) is 0 Å². The van der Waals surface area contributed by atoms with Crippen LogP contribution in [0, 0.1) is 0 Å². The molecule has 0 aromatic heterocycles. The molecule has 0 amide bonds. The van der Waals surface area contributed by atoms with Gasteiger partial charge in [-0.3, -0.25) is 0 Å². The highest BCUT2D eigenvalue weighted by Gasteiger charge is 2.24. The zero-order chi connectivity index (χ0) is 19.3. The predicted molar refractivity (Wildman–Crippen MR) is 97.8 cm³/mol. The lowest BCUT2D eigenvalue weighted by Gasteiger charge is -2.18. The summed E-state index contributed by atoms with van der Waals surface area (Å²) in [4.78, 5) is 0.00618. The summed E-state index contributed by atoms with van der Waals surface area (Å²) in [7, 11) is 2.11. The largest absolute Gasteiger partial charge is 0.497 e. The first kappa shape index (κ1) is 19.9. The number of sulfonamides is 1. The lowest BCUT2D eigenvalue weighted by atomic mass is 10.1. The molecule has 0 aliphatic heterocycles. The number of hydrogen-bond donors (Lipinski definition) is 1. The Bertz CT molecular complexity index is 866. The molecule has 0 spiro atoms. The molecule has 0 radical (unpaired) electrons. The number of benzene rings is 2. The summed E-state index contributed by atoms with van der Waals surface area (Å²) in [6.45, 7) is 1.74. The molecule has 0 unspecified atom stereocenters. The maximum atomic E-state index is 12.8. The van der Waals surface area contributed by atoms with Crippen molar-refractivity contribution >= 4 is 10.0 Å². The molecule has 0 saturated heterocycles. The number of hydrogen-bond acceptors (Lipinski definition) is 6. The van der Waals surface area contributed by atoms with E-state index in [9.17, 15) is 8.42 Å². The number of methoxy groups -OCH3 is 4. The van der Waals surface area contributed by atoms with E-state index in [1.165, 1.54) is 27.4 Å². The summed E-state index contributed by atoms with van der Waals surface area (Å²) in [5.74, 6) is 1.75. The van der Waals surface area contributed by atoms with Crippen LogP contribution in [-0.2, 0) is 10.0 Å². The van der Waals surface area contributed by atoms with Gasteiger partial charge in [0.2, 0.25) is 10.0 Å². The molecule has 8 heteroatoms. The normalized spacial score (nSPS) is 12.3. The van der Waals surface area contributed by atoms with E-state index in [2.05, 4.69) is 4.72 Å². The van der Waals surface area contributed by atoms with Crippen LogP contribution >= 0.6 is 0 Å². The molecule has 2 rings (SSSR count). The van der Waals surface area contributed by atoms with Crippen LogP contribution in [0.1, 0.15) is 18.5 Å². The highest BCUT2D eigenvalue weighted by Crippen LogP contribution is 2.32. The molecular formula is C18H23NO6S. The third-order valence-corrected chi connectivity index (χ3v) is 5.46. The Hall–Kier alpha value is -2.45. The van der Waals surface area contributed by atoms with Gasteiger partial charge >= 0.3 is 0 Å². The molecule has 0 aliphatic carbocycles. The molecule has 0 heterocycles. The zero-order valence-electron chi connectivity index (χ0n) is 15.4. The quantitative estimate of drug-likeness (QED) is 0.757. The SMILES string of the molecule is COc1ccc(OC)c(S(=O)(=O)N[C@@H](C)c2ccc(OC)c(OC)c2)c1. The molecule has 1 atom stereocenters. The number of nitrogens with one attached hydrogen (secondary N) is 1. The van der Waals surface area contributed by atoms with E-state index in [0.29, 0.717) is 17.2 Å². The van der Waals surface area contributed by atoms with E-state index in [1.54, 1.807) is 44.4 Å². The summed E-state index contributed by atoms with van der Waals surface area (Å²) < 4.78 is 49.1. The summed E-state index contributed by atoms with van der Waals surface area (Å²) >= 11 is 0. The van der Waals surface area contributed by atoms with Crippen molar-refractivity contribution in [3.05, 3.63) is 42.0 Å². The fourth-order valence-corrected chi connectivity index (χ4v) is 3.90. The summed E-state index contributed by atoms with van der Waals surface area (Å²) in [6.07, 6.45) is 0. The molecule has 142 valence electrons. The molecule has 2 aromatic carbocycles. The predicted octanol–water partition coefficient (Wildman–Crippen LogP) is 2.76. The monoisotopic (exact) mass is 381 g/mol. The van der Waals surface area contributed by atoms with Gasteiger partial charge in [-0.05, 0) is 36.8 Å². The molecule has 0 bridgehead atoms. The molecule has 0 fully saturated rings. The van der Waals surface area contributed by atoms with Crippen molar-refractivity contribution in [2.75, 3.05) is 28.4 Å². The molecular weight excluding hydrogens is 358 g/mol. The van der Waals surface area contributed by atoms with Crippen LogP contribution in [-0.4, -0.2) is 36.9 Å². The van der Waals surface area contributed by atoms with Gasteiger partial charge in [0.05, 0.1) is 28.4 Å². The second kappa shape index (κ2) is 8.29. The average Bonchev–Trinajstić information content (AvgIpc) is 2.66. The highest BCUT2D eigenvalue weighted by molar-refractivity contribution is 7.89. The Kier molecular flexibility index (Phi) is 6.33. The van der Waals surface area contributed by atoms with Crippen molar-refractivity contribution in [3.8, 4) is 23.0 Å². The maximum Gasteiger partial charge on any atom is 0.244 e. The standard InChI is InChI=1S/C18H23NO6S/c1-12(13-6-8-15(23-3)17(10-13)25-5)19-26(20,21)18-11-14(22-2)7-9-16(18)24-4/h6-12,19H,1-5H3/t12-/m0/s1. The van der Waals surface area contributed by atoms with Crippen LogP contribution in [0.25, 0.3) is 0 Å². The third-order valence-electron chi connectivity index (χ3n) is 3.90. The van der Waals surface area contributed by atoms with Crippen molar-refractivity contribution in [1.29, 1.82) is 0 Å². The van der Waals surface area contributed by atoms with Gasteiger partial charge in [-0.1, -0.05) is 6.07 Å². The number of ether oxygens (including phenoxy) is 4. The third kappa shape index (κ3) is 4.20. The Balaban J connectivity index is 2.35. The lowest BCUT2D eigenvalue weighted by Crippen LogP contribution is -2.27. The minimum absolute atomic E-state index is 0.00618. The molecule has 0 aliphatic rings. The van der Waals surface area contributed by atoms with Gasteiger partial charge in [0.1, 0.15) is 16.4 Å². The minimum atomic E-state index is -3.85. The maximum absolute atomic E-state index is 12.8. The van der Waals surface area contributed by atoms with Gasteiger partial charge in [-0.25, -0.2) is 13.1 Å². The van der Waals surface area contributed by atoms with Crippen LogP contribution in [0.15, 0.2) is 41.3 Å². The van der Waals surface area contributed by atoms with Crippen LogP contribution in [0.5, 0.6) is 23.0 Å². The van der Waals surface area contributed by atoms with Gasteiger partial charge in [-0.2, -0.15) is 0 Å². The molecule has 1 N–H and O–H groups in total. The Morgan fingerprint density at radius 3 is 2.00 bits per heavy atom. The van der Waals surface area contributed by atoms with E-state index in [1.807, 2.05) is 0 Å². The lowest BCUT2D eigenvalue weighted by molar-refractivity contribution is 0.354. The van der Waals surface area contributed by atoms with E-state index >= 15 is 0 Å². The van der Waals surface area contributed by atoms with Crippen LogP contribution in [0.2, 0.25) is 0 Å². The Labute approximate surface area is 153 Å². The second-order valence-electron chi connectivity index (χ2n) is 5.47. The Morgan fingerprint density at radius 2 is 1.42 bits per heavy atom. The number of rotatable bonds is 8. The van der Waals surface area contributed by atoms with Crippen molar-refractivity contribution in [1.82, 2.24) is 4.72 Å². The van der Waals surface area contributed by atoms with E-state index in [0.717, 1.165) is 5.56 Å². The van der Waals surface area contributed by atoms with Crippen LogP contribution in [0.4, 0.5) is 0 Å². The summed E-state index contributed by atoms with van der Waals surface area (Å²) in [5, 5.41) is 0. The first-order valence-corrected chi connectivity index (χ1v) is 9.31.